The lowest BCUT2D eigenvalue weighted by molar-refractivity contribution is -0.671. The first-order valence-corrected chi connectivity index (χ1v) is 11.5. The van der Waals surface area contributed by atoms with E-state index in [1.807, 2.05) is 60.4 Å². The standard InChI is InChI=1S/C28H22N6O3/c1-33-15-12-22(13-16-33)30-23-4-2-3-19(17-23)28(35)32-21-7-5-20(6-8-21)31-26-11-14-29-27-18-24(34(36)37)9-10-25(26)27/h2-18H,1H3,(H2,29,31,32,35)/p+1. The van der Waals surface area contributed by atoms with Crippen molar-refractivity contribution in [3.05, 3.63) is 119 Å². The number of rotatable bonds is 7. The number of nitrogens with one attached hydrogen (secondary N) is 3. The van der Waals surface area contributed by atoms with Gasteiger partial charge in [0, 0.05) is 64.2 Å². The second-order valence-corrected chi connectivity index (χ2v) is 8.43. The Hall–Kier alpha value is -5.31. The number of anilines is 5. The smallest absolute Gasteiger partial charge is 0.271 e. The first kappa shape index (κ1) is 23.4. The van der Waals surface area contributed by atoms with Crippen LogP contribution in [0.1, 0.15) is 10.4 Å². The molecule has 0 bridgehead atoms. The molecule has 0 spiro atoms. The average molecular weight is 492 g/mol. The lowest BCUT2D eigenvalue weighted by Crippen LogP contribution is -2.25. The van der Waals surface area contributed by atoms with E-state index in [-0.39, 0.29) is 11.6 Å². The highest BCUT2D eigenvalue weighted by atomic mass is 16.6. The number of non-ortho nitro benzene ring substituents is 1. The summed E-state index contributed by atoms with van der Waals surface area (Å²) in [7, 11) is 1.95. The molecule has 0 unspecified atom stereocenters. The van der Waals surface area contributed by atoms with Gasteiger partial charge in [0.05, 0.1) is 16.1 Å². The molecular formula is C28H23N6O3+. The Morgan fingerprint density at radius 2 is 1.57 bits per heavy atom. The van der Waals surface area contributed by atoms with E-state index in [9.17, 15) is 14.9 Å². The number of hydrogen-bond acceptors (Lipinski definition) is 6. The van der Waals surface area contributed by atoms with Crippen LogP contribution in [-0.4, -0.2) is 15.8 Å². The molecule has 0 radical (unpaired) electrons. The van der Waals surface area contributed by atoms with E-state index in [1.165, 1.54) is 12.1 Å². The normalized spacial score (nSPS) is 10.6. The van der Waals surface area contributed by atoms with E-state index in [4.69, 9.17) is 0 Å². The van der Waals surface area contributed by atoms with Crippen molar-refractivity contribution in [3.63, 3.8) is 0 Å². The summed E-state index contributed by atoms with van der Waals surface area (Å²) in [5.41, 5.74) is 5.02. The number of nitro groups is 1. The van der Waals surface area contributed by atoms with Crippen LogP contribution in [0.25, 0.3) is 10.9 Å². The Kier molecular flexibility index (Phi) is 6.41. The lowest BCUT2D eigenvalue weighted by Gasteiger charge is -2.11. The van der Waals surface area contributed by atoms with Crippen molar-refractivity contribution in [2.45, 2.75) is 0 Å². The summed E-state index contributed by atoms with van der Waals surface area (Å²) in [6.45, 7) is 0. The van der Waals surface area contributed by atoms with Gasteiger partial charge in [0.15, 0.2) is 12.4 Å². The van der Waals surface area contributed by atoms with Crippen LogP contribution < -0.4 is 20.5 Å². The minimum atomic E-state index is -0.440. The number of pyridine rings is 2. The second kappa shape index (κ2) is 10.1. The molecule has 0 aliphatic rings. The highest BCUT2D eigenvalue weighted by molar-refractivity contribution is 6.05. The molecule has 0 saturated carbocycles. The zero-order chi connectivity index (χ0) is 25.8. The zero-order valence-electron chi connectivity index (χ0n) is 19.9. The van der Waals surface area contributed by atoms with Crippen LogP contribution in [0.3, 0.4) is 0 Å². The predicted molar refractivity (Wildman–Crippen MR) is 143 cm³/mol. The highest BCUT2D eigenvalue weighted by Gasteiger charge is 2.11. The van der Waals surface area contributed by atoms with Crippen molar-refractivity contribution in [1.29, 1.82) is 0 Å². The number of carbonyl (C=O) groups is 1. The van der Waals surface area contributed by atoms with E-state index < -0.39 is 4.92 Å². The number of nitro benzene ring substituents is 1. The summed E-state index contributed by atoms with van der Waals surface area (Å²) >= 11 is 0. The average Bonchev–Trinajstić information content (AvgIpc) is 2.91. The third kappa shape index (κ3) is 5.51. The van der Waals surface area contributed by atoms with Gasteiger partial charge in [0.25, 0.3) is 11.6 Å². The van der Waals surface area contributed by atoms with Crippen LogP contribution in [0.5, 0.6) is 0 Å². The number of fused-ring (bicyclic) bond motifs is 1. The molecule has 0 atom stereocenters. The Balaban J connectivity index is 1.26. The first-order valence-electron chi connectivity index (χ1n) is 11.5. The van der Waals surface area contributed by atoms with Crippen molar-refractivity contribution >= 4 is 50.9 Å². The fourth-order valence-corrected chi connectivity index (χ4v) is 3.84. The van der Waals surface area contributed by atoms with Crippen molar-refractivity contribution in [3.8, 4) is 0 Å². The summed E-state index contributed by atoms with van der Waals surface area (Å²) in [4.78, 5) is 27.7. The molecule has 2 aromatic heterocycles. The van der Waals surface area contributed by atoms with Gasteiger partial charge >= 0.3 is 0 Å². The molecule has 37 heavy (non-hydrogen) atoms. The Morgan fingerprint density at radius 3 is 2.32 bits per heavy atom. The van der Waals surface area contributed by atoms with Crippen LogP contribution in [0.15, 0.2) is 104 Å². The second-order valence-electron chi connectivity index (χ2n) is 8.43. The molecule has 0 saturated heterocycles. The number of benzene rings is 3. The number of carbonyl (C=O) groups excluding carboxylic acids is 1. The summed E-state index contributed by atoms with van der Waals surface area (Å²) in [5, 5.41) is 21.4. The number of hydrogen-bond donors (Lipinski definition) is 3. The number of amides is 1. The molecule has 9 nitrogen and oxygen atoms in total. The quantitative estimate of drug-likeness (QED) is 0.153. The van der Waals surface area contributed by atoms with E-state index >= 15 is 0 Å². The van der Waals surface area contributed by atoms with Crippen molar-refractivity contribution in [2.24, 2.45) is 7.05 Å². The van der Waals surface area contributed by atoms with Gasteiger partial charge in [0.1, 0.15) is 7.05 Å². The minimum absolute atomic E-state index is 0.00666. The maximum absolute atomic E-state index is 12.8. The molecule has 1 amide bonds. The maximum atomic E-state index is 12.8. The van der Waals surface area contributed by atoms with E-state index in [0.29, 0.717) is 16.8 Å². The molecular weight excluding hydrogens is 468 g/mol. The number of nitrogens with zero attached hydrogens (tertiary/aromatic N) is 3. The van der Waals surface area contributed by atoms with Crippen LogP contribution in [-0.2, 0) is 7.05 Å². The lowest BCUT2D eigenvalue weighted by atomic mass is 10.1. The third-order valence-electron chi connectivity index (χ3n) is 5.75. The van der Waals surface area contributed by atoms with E-state index in [0.717, 1.165) is 28.1 Å². The van der Waals surface area contributed by atoms with Crippen LogP contribution >= 0.6 is 0 Å². The third-order valence-corrected chi connectivity index (χ3v) is 5.75. The monoisotopic (exact) mass is 491 g/mol. The predicted octanol–water partition coefficient (Wildman–Crippen LogP) is 5.71. The summed E-state index contributed by atoms with van der Waals surface area (Å²) < 4.78 is 1.95. The van der Waals surface area contributed by atoms with Crippen LogP contribution in [0, 0.1) is 10.1 Å². The van der Waals surface area contributed by atoms with Gasteiger partial charge in [-0.1, -0.05) is 6.07 Å². The van der Waals surface area contributed by atoms with Gasteiger partial charge in [-0.2, -0.15) is 0 Å². The van der Waals surface area contributed by atoms with Gasteiger partial charge in [-0.05, 0) is 54.6 Å². The van der Waals surface area contributed by atoms with E-state index in [2.05, 4.69) is 20.9 Å². The zero-order valence-corrected chi connectivity index (χ0v) is 19.9. The molecule has 0 aliphatic carbocycles. The maximum Gasteiger partial charge on any atom is 0.271 e. The Bertz CT molecular complexity index is 1600. The van der Waals surface area contributed by atoms with Crippen LogP contribution in [0.2, 0.25) is 0 Å². The number of aromatic nitrogens is 2. The van der Waals surface area contributed by atoms with Crippen molar-refractivity contribution in [1.82, 2.24) is 4.98 Å². The first-order chi connectivity index (χ1) is 17.9. The van der Waals surface area contributed by atoms with Gasteiger partial charge in [-0.15, -0.1) is 0 Å². The molecule has 2 heterocycles. The SMILES string of the molecule is C[n+]1ccc(Nc2cccc(C(=O)Nc3ccc(Nc4ccnc5cc([N+](=O)[O-])ccc45)cc3)c2)cc1. The molecule has 5 aromatic rings. The molecule has 5 rings (SSSR count). The van der Waals surface area contributed by atoms with Gasteiger partial charge < -0.3 is 16.0 Å². The molecule has 3 N–H and O–H groups in total. The molecule has 3 aromatic carbocycles. The summed E-state index contributed by atoms with van der Waals surface area (Å²) in [6.07, 6.45) is 5.49. The minimum Gasteiger partial charge on any atom is -0.355 e. The fourth-order valence-electron chi connectivity index (χ4n) is 3.84. The molecule has 0 aliphatic heterocycles. The molecule has 182 valence electrons. The van der Waals surface area contributed by atoms with Gasteiger partial charge in [0.2, 0.25) is 0 Å². The largest absolute Gasteiger partial charge is 0.355 e. The Labute approximate surface area is 212 Å². The van der Waals surface area contributed by atoms with Crippen molar-refractivity contribution in [2.75, 3.05) is 16.0 Å². The van der Waals surface area contributed by atoms with Gasteiger partial charge in [-0.3, -0.25) is 19.9 Å². The fraction of sp³-hybridized carbons (Fsp3) is 0.0357. The van der Waals surface area contributed by atoms with Gasteiger partial charge in [-0.25, -0.2) is 4.57 Å². The van der Waals surface area contributed by atoms with Crippen molar-refractivity contribution < 1.29 is 14.3 Å². The van der Waals surface area contributed by atoms with E-state index in [1.54, 1.807) is 42.6 Å². The highest BCUT2D eigenvalue weighted by Crippen LogP contribution is 2.28. The summed E-state index contributed by atoms with van der Waals surface area (Å²) in [5.74, 6) is -0.217. The molecule has 9 heteroatoms. The topological polar surface area (TPSA) is 113 Å². The molecule has 0 fully saturated rings. The number of aryl methyl sites for hydroxylation is 1. The summed E-state index contributed by atoms with van der Waals surface area (Å²) in [6, 6.07) is 24.9. The Morgan fingerprint density at radius 1 is 0.838 bits per heavy atom. The van der Waals surface area contributed by atoms with Crippen LogP contribution in [0.4, 0.5) is 34.1 Å².